The number of piperidine rings is 1. The molecule has 0 bridgehead atoms. The van der Waals surface area contributed by atoms with E-state index in [1.807, 2.05) is 73.8 Å². The lowest BCUT2D eigenvalue weighted by Crippen LogP contribution is -2.40. The molecule has 7 heteroatoms. The van der Waals surface area contributed by atoms with Crippen LogP contribution in [0.15, 0.2) is 78.9 Å². The van der Waals surface area contributed by atoms with E-state index >= 15 is 0 Å². The molecule has 0 aliphatic carbocycles. The molecule has 0 radical (unpaired) electrons. The molecule has 1 heterocycles. The van der Waals surface area contributed by atoms with Crippen LogP contribution >= 0.6 is 0 Å². The number of carbonyl (C=O) groups excluding carboxylic acids is 2. The Morgan fingerprint density at radius 1 is 0.892 bits per heavy atom. The van der Waals surface area contributed by atoms with Gasteiger partial charge in [-0.1, -0.05) is 72.8 Å². The molecular weight excluding hydrogens is 464 g/mol. The zero-order valence-corrected chi connectivity index (χ0v) is 21.4. The van der Waals surface area contributed by atoms with Crippen LogP contribution < -0.4 is 16.0 Å². The van der Waals surface area contributed by atoms with Crippen LogP contribution in [0.1, 0.15) is 30.4 Å². The van der Waals surface area contributed by atoms with Crippen LogP contribution in [-0.2, 0) is 22.6 Å². The topological polar surface area (TPSA) is 82.7 Å². The minimum Gasteiger partial charge on any atom is -0.446 e. The van der Waals surface area contributed by atoms with Crippen molar-refractivity contribution in [2.45, 2.75) is 38.5 Å². The summed E-state index contributed by atoms with van der Waals surface area (Å²) < 4.78 is 5.71. The van der Waals surface area contributed by atoms with Gasteiger partial charge in [0, 0.05) is 44.7 Å². The largest absolute Gasteiger partial charge is 0.446 e. The molecule has 37 heavy (non-hydrogen) atoms. The van der Waals surface area contributed by atoms with Gasteiger partial charge in [0.05, 0.1) is 5.69 Å². The van der Waals surface area contributed by atoms with Gasteiger partial charge in [0.1, 0.15) is 6.10 Å². The van der Waals surface area contributed by atoms with Gasteiger partial charge in [-0.2, -0.15) is 0 Å². The van der Waals surface area contributed by atoms with Crippen molar-refractivity contribution >= 4 is 17.7 Å². The van der Waals surface area contributed by atoms with Crippen molar-refractivity contribution in [2.75, 3.05) is 32.0 Å². The third-order valence-corrected chi connectivity index (χ3v) is 6.57. The van der Waals surface area contributed by atoms with Gasteiger partial charge in [-0.05, 0) is 42.6 Å². The van der Waals surface area contributed by atoms with Crippen LogP contribution in [0.3, 0.4) is 0 Å². The summed E-state index contributed by atoms with van der Waals surface area (Å²) in [6.07, 6.45) is 1.42. The molecule has 0 spiro atoms. The van der Waals surface area contributed by atoms with Crippen molar-refractivity contribution in [2.24, 2.45) is 0 Å². The minimum atomic E-state index is -0.431. The average Bonchev–Trinajstić information content (AvgIpc) is 2.93. The number of para-hydroxylation sites is 1. The summed E-state index contributed by atoms with van der Waals surface area (Å²) in [5.74, 6) is 0.0499. The van der Waals surface area contributed by atoms with Crippen LogP contribution in [0.25, 0.3) is 11.1 Å². The van der Waals surface area contributed by atoms with Gasteiger partial charge in [-0.25, -0.2) is 4.79 Å². The second-order valence-corrected chi connectivity index (χ2v) is 9.36. The molecule has 1 fully saturated rings. The van der Waals surface area contributed by atoms with E-state index in [4.69, 9.17) is 4.74 Å². The van der Waals surface area contributed by atoms with Crippen LogP contribution in [-0.4, -0.2) is 49.7 Å². The third kappa shape index (κ3) is 8.17. The Morgan fingerprint density at radius 3 is 2.35 bits per heavy atom. The summed E-state index contributed by atoms with van der Waals surface area (Å²) in [4.78, 5) is 27.2. The molecule has 0 aromatic heterocycles. The Balaban J connectivity index is 1.16. The predicted octanol–water partition coefficient (Wildman–Crippen LogP) is 4.79. The van der Waals surface area contributed by atoms with E-state index in [-0.39, 0.29) is 12.0 Å². The quantitative estimate of drug-likeness (QED) is 0.373. The number of hydrogen-bond acceptors (Lipinski definition) is 5. The van der Waals surface area contributed by atoms with Crippen LogP contribution in [0.5, 0.6) is 0 Å². The Bertz CT molecular complexity index is 1160. The zero-order chi connectivity index (χ0) is 25.9. The van der Waals surface area contributed by atoms with Crippen molar-refractivity contribution < 1.29 is 14.3 Å². The standard InChI is InChI=1S/C30H36N4O3/c1-31-21-23-8-7-9-24(20-23)22-32-29(35)16-19-34-17-14-26(15-18-34)37-30(36)33-28-13-6-5-12-27(28)25-10-3-2-4-11-25/h2-13,20,26,31H,14-19,21-22H2,1H3,(H,32,35)(H,33,36). The van der Waals surface area contributed by atoms with E-state index in [1.54, 1.807) is 0 Å². The molecule has 7 nitrogen and oxygen atoms in total. The second kappa shape index (κ2) is 13.6. The fourth-order valence-electron chi connectivity index (χ4n) is 4.61. The molecule has 0 saturated carbocycles. The summed E-state index contributed by atoms with van der Waals surface area (Å²) in [5.41, 5.74) is 5.03. The van der Waals surface area contributed by atoms with E-state index in [1.165, 1.54) is 5.56 Å². The summed E-state index contributed by atoms with van der Waals surface area (Å²) >= 11 is 0. The summed E-state index contributed by atoms with van der Waals surface area (Å²) in [7, 11) is 1.92. The van der Waals surface area contributed by atoms with Crippen molar-refractivity contribution in [1.29, 1.82) is 0 Å². The molecule has 0 unspecified atom stereocenters. The molecule has 3 N–H and O–H groups in total. The summed E-state index contributed by atoms with van der Waals surface area (Å²) in [5, 5.41) is 9.07. The summed E-state index contributed by atoms with van der Waals surface area (Å²) in [6.45, 7) is 3.66. The first-order valence-corrected chi connectivity index (χ1v) is 12.9. The molecule has 1 aliphatic heterocycles. The Hall–Kier alpha value is -3.68. The average molecular weight is 501 g/mol. The lowest BCUT2D eigenvalue weighted by molar-refractivity contribution is -0.121. The molecule has 0 atom stereocenters. The highest BCUT2D eigenvalue weighted by Gasteiger charge is 2.23. The van der Waals surface area contributed by atoms with Crippen molar-refractivity contribution in [1.82, 2.24) is 15.5 Å². The maximum atomic E-state index is 12.6. The van der Waals surface area contributed by atoms with E-state index in [0.717, 1.165) is 54.9 Å². The number of carbonyl (C=O) groups is 2. The number of benzene rings is 3. The van der Waals surface area contributed by atoms with Gasteiger partial charge in [-0.3, -0.25) is 10.1 Å². The normalized spacial score (nSPS) is 14.2. The van der Waals surface area contributed by atoms with Crippen LogP contribution in [0.4, 0.5) is 10.5 Å². The summed E-state index contributed by atoms with van der Waals surface area (Å²) in [6, 6.07) is 25.9. The minimum absolute atomic E-state index is 0.0499. The molecule has 1 aliphatic rings. The molecule has 1 saturated heterocycles. The number of amides is 2. The number of nitrogens with zero attached hydrogens (tertiary/aromatic N) is 1. The highest BCUT2D eigenvalue weighted by atomic mass is 16.6. The first kappa shape index (κ1) is 26.4. The molecule has 2 amide bonds. The first-order valence-electron chi connectivity index (χ1n) is 12.9. The Morgan fingerprint density at radius 2 is 1.59 bits per heavy atom. The highest BCUT2D eigenvalue weighted by Crippen LogP contribution is 2.28. The maximum Gasteiger partial charge on any atom is 0.411 e. The lowest BCUT2D eigenvalue weighted by atomic mass is 10.0. The van der Waals surface area contributed by atoms with Gasteiger partial charge >= 0.3 is 6.09 Å². The molecule has 4 rings (SSSR count). The van der Waals surface area contributed by atoms with Crippen LogP contribution in [0.2, 0.25) is 0 Å². The highest BCUT2D eigenvalue weighted by molar-refractivity contribution is 5.91. The number of nitrogens with one attached hydrogen (secondary N) is 3. The fourth-order valence-corrected chi connectivity index (χ4v) is 4.61. The number of hydrogen-bond donors (Lipinski definition) is 3. The fraction of sp³-hybridized carbons (Fsp3) is 0.333. The number of likely N-dealkylation sites (tertiary alicyclic amines) is 1. The van der Waals surface area contributed by atoms with E-state index < -0.39 is 6.09 Å². The van der Waals surface area contributed by atoms with E-state index in [0.29, 0.717) is 19.5 Å². The van der Waals surface area contributed by atoms with Crippen molar-refractivity contribution in [3.63, 3.8) is 0 Å². The van der Waals surface area contributed by atoms with Crippen LogP contribution in [0, 0.1) is 0 Å². The predicted molar refractivity (Wildman–Crippen MR) is 147 cm³/mol. The first-order chi connectivity index (χ1) is 18.1. The smallest absolute Gasteiger partial charge is 0.411 e. The Labute approximate surface area is 219 Å². The second-order valence-electron chi connectivity index (χ2n) is 9.36. The third-order valence-electron chi connectivity index (χ3n) is 6.57. The molecular formula is C30H36N4O3. The monoisotopic (exact) mass is 500 g/mol. The Kier molecular flexibility index (Phi) is 9.68. The van der Waals surface area contributed by atoms with Gasteiger partial charge < -0.3 is 20.3 Å². The van der Waals surface area contributed by atoms with Gasteiger partial charge in [-0.15, -0.1) is 0 Å². The molecule has 3 aromatic rings. The van der Waals surface area contributed by atoms with E-state index in [9.17, 15) is 9.59 Å². The van der Waals surface area contributed by atoms with Crippen molar-refractivity contribution in [3.8, 4) is 11.1 Å². The SMILES string of the molecule is CNCc1cccc(CNC(=O)CCN2CCC(OC(=O)Nc3ccccc3-c3ccccc3)CC2)c1. The zero-order valence-electron chi connectivity index (χ0n) is 21.4. The van der Waals surface area contributed by atoms with Gasteiger partial charge in [0.15, 0.2) is 0 Å². The lowest BCUT2D eigenvalue weighted by Gasteiger charge is -2.31. The molecule has 194 valence electrons. The van der Waals surface area contributed by atoms with Gasteiger partial charge in [0.2, 0.25) is 5.91 Å². The number of rotatable bonds is 10. The maximum absolute atomic E-state index is 12.6. The van der Waals surface area contributed by atoms with E-state index in [2.05, 4.69) is 33.0 Å². The molecule has 3 aromatic carbocycles. The number of anilines is 1. The van der Waals surface area contributed by atoms with Crippen molar-refractivity contribution in [3.05, 3.63) is 90.0 Å². The number of ether oxygens (including phenoxy) is 1. The van der Waals surface area contributed by atoms with Gasteiger partial charge in [0.25, 0.3) is 0 Å².